The van der Waals surface area contributed by atoms with E-state index in [1.165, 1.54) is 0 Å². The lowest BCUT2D eigenvalue weighted by Gasteiger charge is -2.38. The number of aliphatic hydroxyl groups excluding tert-OH is 1. The van der Waals surface area contributed by atoms with Crippen LogP contribution >= 0.6 is 0 Å². The minimum absolute atomic E-state index is 0.480. The fourth-order valence-corrected chi connectivity index (χ4v) is 3.33. The molecule has 0 saturated heterocycles. The summed E-state index contributed by atoms with van der Waals surface area (Å²) in [5.74, 6) is 0.652. The topological polar surface area (TPSA) is 53.4 Å². The van der Waals surface area contributed by atoms with Gasteiger partial charge in [-0.1, -0.05) is 25.1 Å². The van der Waals surface area contributed by atoms with Gasteiger partial charge in [0, 0.05) is 18.0 Å². The maximum Gasteiger partial charge on any atom is 0.0908 e. The SMILES string of the molecule is CC1CCC(O)(C(O)Cc2ccnc3ccccc23)CC1. The second-order valence-corrected chi connectivity index (χ2v) is 6.49. The highest BCUT2D eigenvalue weighted by molar-refractivity contribution is 5.81. The van der Waals surface area contributed by atoms with Gasteiger partial charge in [-0.25, -0.2) is 0 Å². The molecule has 0 radical (unpaired) electrons. The Balaban J connectivity index is 1.82. The van der Waals surface area contributed by atoms with Crippen LogP contribution in [0.15, 0.2) is 36.5 Å². The van der Waals surface area contributed by atoms with Crippen molar-refractivity contribution in [1.29, 1.82) is 0 Å². The fraction of sp³-hybridized carbons (Fsp3) is 0.500. The number of hydrogen-bond donors (Lipinski definition) is 2. The van der Waals surface area contributed by atoms with Crippen LogP contribution in [-0.2, 0) is 6.42 Å². The van der Waals surface area contributed by atoms with Crippen LogP contribution in [0.5, 0.6) is 0 Å². The van der Waals surface area contributed by atoms with Crippen LogP contribution in [0.25, 0.3) is 10.9 Å². The zero-order valence-electron chi connectivity index (χ0n) is 12.5. The summed E-state index contributed by atoms with van der Waals surface area (Å²) in [7, 11) is 0. The first-order chi connectivity index (χ1) is 10.1. The Kier molecular flexibility index (Phi) is 3.96. The van der Waals surface area contributed by atoms with Gasteiger partial charge in [0.2, 0.25) is 0 Å². The van der Waals surface area contributed by atoms with Gasteiger partial charge >= 0.3 is 0 Å². The summed E-state index contributed by atoms with van der Waals surface area (Å²) in [5, 5.41) is 22.3. The van der Waals surface area contributed by atoms with Gasteiger partial charge in [-0.3, -0.25) is 4.98 Å². The quantitative estimate of drug-likeness (QED) is 0.911. The molecule has 1 aliphatic carbocycles. The zero-order valence-corrected chi connectivity index (χ0v) is 12.5. The Morgan fingerprint density at radius 2 is 1.95 bits per heavy atom. The lowest BCUT2D eigenvalue weighted by Crippen LogP contribution is -2.46. The van der Waals surface area contributed by atoms with Crippen LogP contribution < -0.4 is 0 Å². The number of rotatable bonds is 3. The molecule has 0 amide bonds. The van der Waals surface area contributed by atoms with Crippen LogP contribution in [-0.4, -0.2) is 26.9 Å². The van der Waals surface area contributed by atoms with E-state index in [4.69, 9.17) is 0 Å². The van der Waals surface area contributed by atoms with Crippen molar-refractivity contribution in [3.05, 3.63) is 42.1 Å². The molecule has 1 aromatic carbocycles. The molecule has 1 aromatic heterocycles. The Hall–Kier alpha value is -1.45. The molecule has 0 bridgehead atoms. The molecule has 1 heterocycles. The van der Waals surface area contributed by atoms with Crippen LogP contribution in [0.2, 0.25) is 0 Å². The van der Waals surface area contributed by atoms with Crippen molar-refractivity contribution in [2.45, 2.75) is 50.7 Å². The first kappa shape index (κ1) is 14.5. The molecule has 112 valence electrons. The monoisotopic (exact) mass is 285 g/mol. The lowest BCUT2D eigenvalue weighted by molar-refractivity contribution is -0.102. The van der Waals surface area contributed by atoms with Gasteiger partial charge in [0.15, 0.2) is 0 Å². The second kappa shape index (κ2) is 5.74. The molecule has 0 aliphatic heterocycles. The van der Waals surface area contributed by atoms with Gasteiger partial charge in [0.05, 0.1) is 17.2 Å². The van der Waals surface area contributed by atoms with E-state index in [1.807, 2.05) is 30.3 Å². The van der Waals surface area contributed by atoms with Gasteiger partial charge in [0.1, 0.15) is 0 Å². The molecule has 0 spiro atoms. The minimum Gasteiger partial charge on any atom is -0.390 e. The van der Waals surface area contributed by atoms with Crippen LogP contribution in [0.1, 0.15) is 38.2 Å². The maximum atomic E-state index is 10.7. The number of nitrogens with zero attached hydrogens (tertiary/aromatic N) is 1. The normalized spacial score (nSPS) is 27.7. The molecule has 1 fully saturated rings. The van der Waals surface area contributed by atoms with Crippen molar-refractivity contribution < 1.29 is 10.2 Å². The summed E-state index contributed by atoms with van der Waals surface area (Å²) in [4.78, 5) is 4.34. The number of hydrogen-bond acceptors (Lipinski definition) is 3. The smallest absolute Gasteiger partial charge is 0.0908 e. The van der Waals surface area contributed by atoms with Gasteiger partial charge in [-0.05, 0) is 49.3 Å². The molecular formula is C18H23NO2. The van der Waals surface area contributed by atoms with Crippen molar-refractivity contribution in [3.8, 4) is 0 Å². The van der Waals surface area contributed by atoms with Crippen molar-refractivity contribution in [2.24, 2.45) is 5.92 Å². The zero-order chi connectivity index (χ0) is 14.9. The summed E-state index contributed by atoms with van der Waals surface area (Å²) in [6, 6.07) is 9.89. The maximum absolute atomic E-state index is 10.7. The highest BCUT2D eigenvalue weighted by atomic mass is 16.3. The predicted octanol–water partition coefficient (Wildman–Crippen LogP) is 3.08. The molecule has 21 heavy (non-hydrogen) atoms. The average molecular weight is 285 g/mol. The number of benzene rings is 1. The Labute approximate surface area is 125 Å². The highest BCUT2D eigenvalue weighted by Crippen LogP contribution is 2.35. The van der Waals surface area contributed by atoms with E-state index in [9.17, 15) is 10.2 Å². The molecule has 2 N–H and O–H groups in total. The third-order valence-corrected chi connectivity index (χ3v) is 4.91. The summed E-state index contributed by atoms with van der Waals surface area (Å²) >= 11 is 0. The molecule has 3 rings (SSSR count). The van der Waals surface area contributed by atoms with Crippen LogP contribution in [0.4, 0.5) is 0 Å². The summed E-state index contributed by atoms with van der Waals surface area (Å²) in [6.07, 6.45) is 4.91. The molecule has 1 unspecified atom stereocenters. The van der Waals surface area contributed by atoms with Crippen molar-refractivity contribution in [3.63, 3.8) is 0 Å². The first-order valence-corrected chi connectivity index (χ1v) is 7.81. The predicted molar refractivity (Wildman–Crippen MR) is 84.0 cm³/mol. The lowest BCUT2D eigenvalue weighted by atomic mass is 9.75. The number of pyridine rings is 1. The van der Waals surface area contributed by atoms with Crippen molar-refractivity contribution >= 4 is 10.9 Å². The molecule has 1 saturated carbocycles. The van der Waals surface area contributed by atoms with Gasteiger partial charge < -0.3 is 10.2 Å². The van der Waals surface area contributed by atoms with E-state index < -0.39 is 11.7 Å². The number of aliphatic hydroxyl groups is 2. The second-order valence-electron chi connectivity index (χ2n) is 6.49. The number of para-hydroxylation sites is 1. The molecule has 2 aromatic rings. The minimum atomic E-state index is -0.934. The van der Waals surface area contributed by atoms with E-state index in [2.05, 4.69) is 11.9 Å². The Bertz CT molecular complexity index is 612. The van der Waals surface area contributed by atoms with E-state index in [0.29, 0.717) is 25.2 Å². The molecule has 1 aliphatic rings. The Morgan fingerprint density at radius 3 is 2.71 bits per heavy atom. The average Bonchev–Trinajstić information content (AvgIpc) is 2.51. The van der Waals surface area contributed by atoms with E-state index >= 15 is 0 Å². The van der Waals surface area contributed by atoms with E-state index in [-0.39, 0.29) is 0 Å². The molecular weight excluding hydrogens is 262 g/mol. The highest BCUT2D eigenvalue weighted by Gasteiger charge is 2.38. The molecule has 3 heteroatoms. The van der Waals surface area contributed by atoms with E-state index in [0.717, 1.165) is 29.3 Å². The fourth-order valence-electron chi connectivity index (χ4n) is 3.33. The van der Waals surface area contributed by atoms with E-state index in [1.54, 1.807) is 6.20 Å². The van der Waals surface area contributed by atoms with Gasteiger partial charge in [0.25, 0.3) is 0 Å². The third-order valence-electron chi connectivity index (χ3n) is 4.91. The van der Waals surface area contributed by atoms with Gasteiger partial charge in [-0.15, -0.1) is 0 Å². The van der Waals surface area contributed by atoms with Crippen LogP contribution in [0, 0.1) is 5.92 Å². The molecule has 1 atom stereocenters. The van der Waals surface area contributed by atoms with Gasteiger partial charge in [-0.2, -0.15) is 0 Å². The summed E-state index contributed by atoms with van der Waals surface area (Å²) in [5.41, 5.74) is 1.06. The number of aromatic nitrogens is 1. The standard InChI is InChI=1S/C18H23NO2/c1-13-6-9-18(21,10-7-13)17(20)12-14-8-11-19-16-5-3-2-4-15(14)16/h2-5,8,11,13,17,20-21H,6-7,9-10,12H2,1H3. The van der Waals surface area contributed by atoms with Crippen molar-refractivity contribution in [1.82, 2.24) is 4.98 Å². The largest absolute Gasteiger partial charge is 0.390 e. The third kappa shape index (κ3) is 2.94. The number of fused-ring (bicyclic) bond motifs is 1. The van der Waals surface area contributed by atoms with Crippen molar-refractivity contribution in [2.75, 3.05) is 0 Å². The Morgan fingerprint density at radius 1 is 1.24 bits per heavy atom. The summed E-state index contributed by atoms with van der Waals surface area (Å²) < 4.78 is 0. The summed E-state index contributed by atoms with van der Waals surface area (Å²) in [6.45, 7) is 2.21. The van der Waals surface area contributed by atoms with Crippen LogP contribution in [0.3, 0.4) is 0 Å². The molecule has 3 nitrogen and oxygen atoms in total. The first-order valence-electron chi connectivity index (χ1n) is 7.81.